The third-order valence-corrected chi connectivity index (χ3v) is 3.29. The quantitative estimate of drug-likeness (QED) is 0.459. The Morgan fingerprint density at radius 3 is 2.89 bits per heavy atom. The van der Waals surface area contributed by atoms with E-state index in [0.717, 1.165) is 6.04 Å². The van der Waals surface area contributed by atoms with Crippen molar-refractivity contribution in [1.29, 1.82) is 0 Å². The van der Waals surface area contributed by atoms with Gasteiger partial charge in [-0.25, -0.2) is 0 Å². The summed E-state index contributed by atoms with van der Waals surface area (Å²) < 4.78 is 1.48. The molecule has 1 nitrogen and oxygen atoms in total. The maximum absolute atomic E-state index is 2.50. The first kappa shape index (κ1) is 6.01. The Balaban J connectivity index is 2.14. The minimum atomic E-state index is 0.918. The molecule has 2 aliphatic rings. The molecule has 1 saturated heterocycles. The summed E-state index contributed by atoms with van der Waals surface area (Å²) in [6.45, 7) is 1.30. The van der Waals surface area contributed by atoms with Crippen molar-refractivity contribution in [2.24, 2.45) is 0 Å². The second-order valence-electron chi connectivity index (χ2n) is 2.74. The first-order chi connectivity index (χ1) is 4.38. The largest absolute Gasteiger partial charge is 0.364 e. The zero-order chi connectivity index (χ0) is 6.27. The lowest BCUT2D eigenvalue weighted by molar-refractivity contribution is 0.133. The van der Waals surface area contributed by atoms with Crippen molar-refractivity contribution < 1.29 is 0 Å². The molecule has 1 fully saturated rings. The molecule has 0 aliphatic carbocycles. The highest BCUT2D eigenvalue weighted by molar-refractivity contribution is 14.1. The van der Waals surface area contributed by atoms with Gasteiger partial charge >= 0.3 is 0 Å². The number of nitrogens with zero attached hydrogens (tertiary/aromatic N) is 1. The molecule has 2 aliphatic heterocycles. The first-order valence-corrected chi connectivity index (χ1v) is 4.58. The van der Waals surface area contributed by atoms with Crippen molar-refractivity contribution in [1.82, 2.24) is 4.90 Å². The van der Waals surface area contributed by atoms with Crippen molar-refractivity contribution in [2.45, 2.75) is 25.3 Å². The Bertz CT molecular complexity index is 153. The Hall–Kier alpha value is 0.270. The fourth-order valence-corrected chi connectivity index (χ4v) is 2.48. The van der Waals surface area contributed by atoms with Crippen LogP contribution < -0.4 is 0 Å². The van der Waals surface area contributed by atoms with Gasteiger partial charge in [0.15, 0.2) is 0 Å². The van der Waals surface area contributed by atoms with Crippen LogP contribution in [0.5, 0.6) is 0 Å². The van der Waals surface area contributed by atoms with Crippen molar-refractivity contribution >= 4 is 22.6 Å². The van der Waals surface area contributed by atoms with E-state index in [4.69, 9.17) is 0 Å². The topological polar surface area (TPSA) is 3.24 Å². The van der Waals surface area contributed by atoms with Crippen LogP contribution in [0.2, 0.25) is 0 Å². The van der Waals surface area contributed by atoms with Crippen LogP contribution in [0.15, 0.2) is 9.78 Å². The van der Waals surface area contributed by atoms with Crippen molar-refractivity contribution in [3.05, 3.63) is 9.78 Å². The highest BCUT2D eigenvalue weighted by Gasteiger charge is 2.29. The number of fused-ring (bicyclic) bond motifs is 1. The van der Waals surface area contributed by atoms with E-state index in [9.17, 15) is 0 Å². The van der Waals surface area contributed by atoms with Crippen LogP contribution in [0.1, 0.15) is 19.3 Å². The predicted molar refractivity (Wildman–Crippen MR) is 46.4 cm³/mol. The molecule has 0 N–H and O–H groups in total. The van der Waals surface area contributed by atoms with Gasteiger partial charge in [0.1, 0.15) is 0 Å². The van der Waals surface area contributed by atoms with Gasteiger partial charge in [0, 0.05) is 12.6 Å². The Labute approximate surface area is 69.2 Å². The lowest BCUT2D eigenvalue weighted by Gasteiger charge is -2.45. The van der Waals surface area contributed by atoms with Crippen LogP contribution >= 0.6 is 22.6 Å². The molecule has 1 atom stereocenters. The summed E-state index contributed by atoms with van der Waals surface area (Å²) in [6, 6.07) is 0.918. The molecular formula is C7H10IN. The molecule has 0 aromatic heterocycles. The van der Waals surface area contributed by atoms with Gasteiger partial charge in [-0.05, 0) is 41.9 Å². The van der Waals surface area contributed by atoms with Crippen LogP contribution in [0.3, 0.4) is 0 Å². The minimum absolute atomic E-state index is 0.918. The number of allylic oxidation sites excluding steroid dienone is 1. The van der Waals surface area contributed by atoms with E-state index in [1.807, 2.05) is 0 Å². The summed E-state index contributed by atoms with van der Waals surface area (Å²) in [6.07, 6.45) is 6.47. The van der Waals surface area contributed by atoms with Crippen molar-refractivity contribution in [2.75, 3.05) is 6.54 Å². The van der Waals surface area contributed by atoms with E-state index >= 15 is 0 Å². The molecule has 9 heavy (non-hydrogen) atoms. The zero-order valence-electron chi connectivity index (χ0n) is 5.31. The molecule has 0 bridgehead atoms. The minimum Gasteiger partial charge on any atom is -0.364 e. The smallest absolute Gasteiger partial charge is 0.0719 e. The monoisotopic (exact) mass is 235 g/mol. The highest BCUT2D eigenvalue weighted by atomic mass is 127. The molecule has 0 aromatic rings. The molecule has 0 spiro atoms. The summed E-state index contributed by atoms with van der Waals surface area (Å²) >= 11 is 2.44. The molecule has 0 radical (unpaired) electrons. The summed E-state index contributed by atoms with van der Waals surface area (Å²) in [5.41, 5.74) is 0. The van der Waals surface area contributed by atoms with Crippen molar-refractivity contribution in [3.63, 3.8) is 0 Å². The highest BCUT2D eigenvalue weighted by Crippen LogP contribution is 2.33. The van der Waals surface area contributed by atoms with Gasteiger partial charge in [0.2, 0.25) is 0 Å². The van der Waals surface area contributed by atoms with Crippen LogP contribution in [0.4, 0.5) is 0 Å². The molecular weight excluding hydrogens is 225 g/mol. The van der Waals surface area contributed by atoms with Gasteiger partial charge in [0.05, 0.1) is 3.70 Å². The van der Waals surface area contributed by atoms with E-state index in [1.54, 1.807) is 0 Å². The van der Waals surface area contributed by atoms with Crippen LogP contribution in [0, 0.1) is 0 Å². The Kier molecular flexibility index (Phi) is 1.43. The molecule has 0 aromatic carbocycles. The molecule has 2 rings (SSSR count). The first-order valence-electron chi connectivity index (χ1n) is 3.50. The van der Waals surface area contributed by atoms with Gasteiger partial charge < -0.3 is 4.90 Å². The maximum atomic E-state index is 2.50. The zero-order valence-corrected chi connectivity index (χ0v) is 7.47. The van der Waals surface area contributed by atoms with E-state index < -0.39 is 0 Å². The van der Waals surface area contributed by atoms with Gasteiger partial charge in [-0.15, -0.1) is 0 Å². The van der Waals surface area contributed by atoms with Gasteiger partial charge in [-0.1, -0.05) is 6.08 Å². The average molecular weight is 235 g/mol. The molecule has 2 heteroatoms. The van der Waals surface area contributed by atoms with E-state index in [1.165, 1.54) is 29.5 Å². The third kappa shape index (κ3) is 0.876. The number of rotatable bonds is 0. The Morgan fingerprint density at radius 1 is 1.56 bits per heavy atom. The van der Waals surface area contributed by atoms with Crippen LogP contribution in [-0.2, 0) is 0 Å². The SMILES string of the molecule is IC1=CCCC2CCN12. The van der Waals surface area contributed by atoms with Gasteiger partial charge in [-0.2, -0.15) is 0 Å². The maximum Gasteiger partial charge on any atom is 0.0719 e. The summed E-state index contributed by atoms with van der Waals surface area (Å²) in [7, 11) is 0. The fourth-order valence-electron chi connectivity index (χ4n) is 1.53. The average Bonchev–Trinajstić information content (AvgIpc) is 1.74. The van der Waals surface area contributed by atoms with Crippen molar-refractivity contribution in [3.8, 4) is 0 Å². The second kappa shape index (κ2) is 2.15. The fraction of sp³-hybridized carbons (Fsp3) is 0.714. The third-order valence-electron chi connectivity index (χ3n) is 2.23. The van der Waals surface area contributed by atoms with Gasteiger partial charge in [0.25, 0.3) is 0 Å². The van der Waals surface area contributed by atoms with Crippen LogP contribution in [-0.4, -0.2) is 17.5 Å². The van der Waals surface area contributed by atoms with E-state index in [0.29, 0.717) is 0 Å². The molecule has 50 valence electrons. The summed E-state index contributed by atoms with van der Waals surface area (Å²) in [4.78, 5) is 2.50. The van der Waals surface area contributed by atoms with E-state index in [2.05, 4.69) is 33.6 Å². The Morgan fingerprint density at radius 2 is 2.44 bits per heavy atom. The van der Waals surface area contributed by atoms with Gasteiger partial charge in [-0.3, -0.25) is 0 Å². The number of halogens is 1. The summed E-state index contributed by atoms with van der Waals surface area (Å²) in [5, 5.41) is 0. The lowest BCUT2D eigenvalue weighted by Crippen LogP contribution is -2.46. The number of hydrogen-bond acceptors (Lipinski definition) is 1. The normalized spacial score (nSPS) is 32.8. The summed E-state index contributed by atoms with van der Waals surface area (Å²) in [5.74, 6) is 0. The molecule has 1 unspecified atom stereocenters. The molecule has 2 heterocycles. The molecule has 0 amide bonds. The molecule has 0 saturated carbocycles. The lowest BCUT2D eigenvalue weighted by atomic mass is 9.96. The van der Waals surface area contributed by atoms with Crippen LogP contribution in [0.25, 0.3) is 0 Å². The standard InChI is InChI=1S/C7H10IN/c8-7-3-1-2-6-4-5-9(6)7/h3,6H,1-2,4-5H2. The predicted octanol–water partition coefficient (Wildman–Crippen LogP) is 2.13. The van der Waals surface area contributed by atoms with E-state index in [-0.39, 0.29) is 0 Å². The number of hydrogen-bond donors (Lipinski definition) is 0. The second-order valence-corrected chi connectivity index (χ2v) is 3.85.